The Bertz CT molecular complexity index is 361. The molecule has 1 aliphatic carbocycles. The lowest BCUT2D eigenvalue weighted by molar-refractivity contribution is -0.122. The number of aliphatic hydroxyl groups is 1. The molecule has 1 saturated carbocycles. The van der Waals surface area contributed by atoms with E-state index in [2.05, 4.69) is 17.4 Å². The second-order valence-electron chi connectivity index (χ2n) is 4.45. The molecule has 2 unspecified atom stereocenters. The van der Waals surface area contributed by atoms with Crippen LogP contribution < -0.4 is 5.32 Å². The van der Waals surface area contributed by atoms with Crippen molar-refractivity contribution in [2.75, 3.05) is 6.54 Å². The Balaban J connectivity index is 1.85. The number of nitrogens with one attached hydrogen (secondary N) is 1. The molecule has 0 aliphatic heterocycles. The van der Waals surface area contributed by atoms with Crippen molar-refractivity contribution in [1.29, 1.82) is 0 Å². The number of carbonyl (C=O) groups excluding carboxylic acids is 1. The maximum Gasteiger partial charge on any atom is 0.223 e. The van der Waals surface area contributed by atoms with Gasteiger partial charge in [0.15, 0.2) is 0 Å². The van der Waals surface area contributed by atoms with Gasteiger partial charge in [0.25, 0.3) is 0 Å². The average molecular weight is 219 g/mol. The first-order chi connectivity index (χ1) is 7.68. The zero-order valence-electron chi connectivity index (χ0n) is 9.39. The van der Waals surface area contributed by atoms with Gasteiger partial charge in [-0.05, 0) is 24.8 Å². The highest BCUT2D eigenvalue weighted by Crippen LogP contribution is 2.47. The topological polar surface area (TPSA) is 49.3 Å². The largest absolute Gasteiger partial charge is 0.392 e. The fourth-order valence-corrected chi connectivity index (χ4v) is 1.93. The molecule has 3 heteroatoms. The summed E-state index contributed by atoms with van der Waals surface area (Å²) in [6, 6.07) is 10.1. The monoisotopic (exact) mass is 219 g/mol. The van der Waals surface area contributed by atoms with Crippen LogP contribution in [0.25, 0.3) is 0 Å². The maximum absolute atomic E-state index is 11.7. The molecule has 3 nitrogen and oxygen atoms in total. The Kier molecular flexibility index (Phi) is 3.25. The van der Waals surface area contributed by atoms with Gasteiger partial charge in [0.1, 0.15) is 0 Å². The number of hydrogen-bond acceptors (Lipinski definition) is 2. The third kappa shape index (κ3) is 2.61. The highest BCUT2D eigenvalue weighted by atomic mass is 16.3. The summed E-state index contributed by atoms with van der Waals surface area (Å²) in [5.74, 6) is 0.533. The van der Waals surface area contributed by atoms with E-state index in [1.165, 1.54) is 5.56 Å². The third-order valence-corrected chi connectivity index (χ3v) is 2.93. The minimum absolute atomic E-state index is 0.0646. The van der Waals surface area contributed by atoms with Crippen LogP contribution in [-0.2, 0) is 4.79 Å². The van der Waals surface area contributed by atoms with Crippen molar-refractivity contribution in [2.45, 2.75) is 25.4 Å². The molecule has 0 saturated heterocycles. The van der Waals surface area contributed by atoms with Crippen LogP contribution in [0.3, 0.4) is 0 Å². The second kappa shape index (κ2) is 4.66. The quantitative estimate of drug-likeness (QED) is 0.801. The highest BCUT2D eigenvalue weighted by Gasteiger charge is 2.43. The molecule has 1 aromatic carbocycles. The Labute approximate surface area is 95.5 Å². The molecular weight excluding hydrogens is 202 g/mol. The van der Waals surface area contributed by atoms with E-state index < -0.39 is 6.10 Å². The van der Waals surface area contributed by atoms with Crippen molar-refractivity contribution in [1.82, 2.24) is 5.32 Å². The molecule has 1 aliphatic rings. The number of aliphatic hydroxyl groups excluding tert-OH is 1. The van der Waals surface area contributed by atoms with Crippen molar-refractivity contribution in [3.05, 3.63) is 35.9 Å². The van der Waals surface area contributed by atoms with Crippen LogP contribution in [0.2, 0.25) is 0 Å². The molecule has 0 heterocycles. The molecule has 1 fully saturated rings. The van der Waals surface area contributed by atoms with Gasteiger partial charge in [-0.25, -0.2) is 0 Å². The lowest BCUT2D eigenvalue weighted by Gasteiger charge is -2.06. The van der Waals surface area contributed by atoms with E-state index in [1.807, 2.05) is 18.2 Å². The standard InChI is InChI=1S/C13H17NO2/c1-9(15)8-14-13(16)12-7-11(12)10-5-3-2-4-6-10/h2-6,9,11-12,15H,7-8H2,1H3,(H,14,16)/t9-,11?,12?/m0/s1. The smallest absolute Gasteiger partial charge is 0.223 e. The normalized spacial score (nSPS) is 24.9. The van der Waals surface area contributed by atoms with Gasteiger partial charge in [0, 0.05) is 12.5 Å². The Morgan fingerprint density at radius 3 is 2.81 bits per heavy atom. The van der Waals surface area contributed by atoms with Crippen LogP contribution in [0, 0.1) is 5.92 Å². The number of benzene rings is 1. The predicted molar refractivity (Wildman–Crippen MR) is 62.0 cm³/mol. The molecule has 0 bridgehead atoms. The summed E-state index contributed by atoms with van der Waals surface area (Å²) < 4.78 is 0. The molecule has 16 heavy (non-hydrogen) atoms. The minimum atomic E-state index is -0.474. The van der Waals surface area contributed by atoms with Gasteiger partial charge in [-0.3, -0.25) is 4.79 Å². The maximum atomic E-state index is 11.7. The number of hydrogen-bond donors (Lipinski definition) is 2. The summed E-state index contributed by atoms with van der Waals surface area (Å²) in [5.41, 5.74) is 1.24. The molecule has 86 valence electrons. The van der Waals surface area contributed by atoms with Gasteiger partial charge >= 0.3 is 0 Å². The summed E-state index contributed by atoms with van der Waals surface area (Å²) in [5, 5.41) is 11.8. The molecule has 0 aromatic heterocycles. The summed E-state index contributed by atoms with van der Waals surface area (Å²) in [4.78, 5) is 11.7. The van der Waals surface area contributed by atoms with Gasteiger partial charge in [0.05, 0.1) is 6.10 Å². The summed E-state index contributed by atoms with van der Waals surface area (Å²) >= 11 is 0. The molecule has 3 atom stereocenters. The van der Waals surface area contributed by atoms with E-state index >= 15 is 0 Å². The van der Waals surface area contributed by atoms with Crippen molar-refractivity contribution < 1.29 is 9.90 Å². The first-order valence-corrected chi connectivity index (χ1v) is 5.69. The van der Waals surface area contributed by atoms with Crippen molar-refractivity contribution in [2.24, 2.45) is 5.92 Å². The first-order valence-electron chi connectivity index (χ1n) is 5.69. The molecule has 1 amide bonds. The van der Waals surface area contributed by atoms with Gasteiger partial charge < -0.3 is 10.4 Å². The predicted octanol–water partition coefficient (Wildman–Crippen LogP) is 1.29. The number of rotatable bonds is 4. The van der Waals surface area contributed by atoms with E-state index in [-0.39, 0.29) is 11.8 Å². The van der Waals surface area contributed by atoms with Gasteiger partial charge in [-0.15, -0.1) is 0 Å². The molecule has 1 aromatic rings. The summed E-state index contributed by atoms with van der Waals surface area (Å²) in [7, 11) is 0. The lowest BCUT2D eigenvalue weighted by Crippen LogP contribution is -2.31. The van der Waals surface area contributed by atoms with Crippen LogP contribution in [0.5, 0.6) is 0 Å². The molecule has 2 rings (SSSR count). The molecule has 2 N–H and O–H groups in total. The van der Waals surface area contributed by atoms with Crippen molar-refractivity contribution in [3.8, 4) is 0 Å². The fraction of sp³-hybridized carbons (Fsp3) is 0.462. The Morgan fingerprint density at radius 2 is 2.19 bits per heavy atom. The lowest BCUT2D eigenvalue weighted by atomic mass is 10.1. The molecule has 0 spiro atoms. The SMILES string of the molecule is C[C@H](O)CNC(=O)C1CC1c1ccccc1. The number of carbonyl (C=O) groups is 1. The third-order valence-electron chi connectivity index (χ3n) is 2.93. The van der Waals surface area contributed by atoms with E-state index in [1.54, 1.807) is 6.92 Å². The first kappa shape index (κ1) is 11.1. The Morgan fingerprint density at radius 1 is 1.50 bits per heavy atom. The van der Waals surface area contributed by atoms with Crippen LogP contribution in [0.4, 0.5) is 0 Å². The van der Waals surface area contributed by atoms with Crippen LogP contribution >= 0.6 is 0 Å². The van der Waals surface area contributed by atoms with Crippen molar-refractivity contribution >= 4 is 5.91 Å². The summed E-state index contributed by atoms with van der Waals surface area (Å²) in [6.45, 7) is 2.01. The minimum Gasteiger partial charge on any atom is -0.392 e. The van der Waals surface area contributed by atoms with E-state index in [9.17, 15) is 4.79 Å². The highest BCUT2D eigenvalue weighted by molar-refractivity contribution is 5.82. The van der Waals surface area contributed by atoms with Crippen LogP contribution in [0.15, 0.2) is 30.3 Å². The number of amides is 1. The zero-order chi connectivity index (χ0) is 11.5. The second-order valence-corrected chi connectivity index (χ2v) is 4.45. The average Bonchev–Trinajstić information content (AvgIpc) is 3.07. The summed E-state index contributed by atoms with van der Waals surface area (Å²) in [6.07, 6.45) is 0.452. The van der Waals surface area contributed by atoms with Crippen LogP contribution in [-0.4, -0.2) is 23.7 Å². The van der Waals surface area contributed by atoms with E-state index in [0.29, 0.717) is 12.5 Å². The van der Waals surface area contributed by atoms with E-state index in [4.69, 9.17) is 5.11 Å². The van der Waals surface area contributed by atoms with Crippen molar-refractivity contribution in [3.63, 3.8) is 0 Å². The zero-order valence-corrected chi connectivity index (χ0v) is 9.39. The fourth-order valence-electron chi connectivity index (χ4n) is 1.93. The van der Waals surface area contributed by atoms with Gasteiger partial charge in [0.2, 0.25) is 5.91 Å². The molecular formula is C13H17NO2. The van der Waals surface area contributed by atoms with Gasteiger partial charge in [-0.1, -0.05) is 30.3 Å². The van der Waals surface area contributed by atoms with Crippen LogP contribution in [0.1, 0.15) is 24.8 Å². The van der Waals surface area contributed by atoms with Gasteiger partial charge in [-0.2, -0.15) is 0 Å². The van der Waals surface area contributed by atoms with E-state index in [0.717, 1.165) is 6.42 Å². The Hall–Kier alpha value is -1.35. The molecule has 0 radical (unpaired) electrons.